The molecule has 0 bridgehead atoms. The van der Waals surface area contributed by atoms with E-state index in [9.17, 15) is 14.7 Å². The number of benzene rings is 1. The Morgan fingerprint density at radius 2 is 1.66 bits per heavy atom. The number of carbonyl (C=O) groups is 2. The van der Waals surface area contributed by atoms with Gasteiger partial charge in [-0.2, -0.15) is 0 Å². The zero-order chi connectivity index (χ0) is 26.0. The molecule has 1 saturated heterocycles. The molecule has 35 heavy (non-hydrogen) atoms. The maximum Gasteiger partial charge on any atom is 0.494 e. The van der Waals surface area contributed by atoms with Gasteiger partial charge in [0.05, 0.1) is 11.2 Å². The van der Waals surface area contributed by atoms with Gasteiger partial charge in [-0.15, -0.1) is 0 Å². The SMILES string of the molecule is CC(C)(C)OC(=O)N[C@@H](C/C=C(\c1ccc(B2OC(C)(C)C(C)(C)O2)cc1)C1CCCC1)C(=O)O. The number of carboxylic acid groups (broad SMARTS) is 1. The van der Waals surface area contributed by atoms with Crippen molar-refractivity contribution >= 4 is 30.2 Å². The number of hydrogen-bond donors (Lipinski definition) is 2. The van der Waals surface area contributed by atoms with Crippen LogP contribution in [0.4, 0.5) is 4.79 Å². The van der Waals surface area contributed by atoms with Gasteiger partial charge in [0.1, 0.15) is 11.6 Å². The van der Waals surface area contributed by atoms with E-state index in [0.29, 0.717) is 5.92 Å². The molecule has 2 N–H and O–H groups in total. The zero-order valence-electron chi connectivity index (χ0n) is 22.1. The quantitative estimate of drug-likeness (QED) is 0.532. The topological polar surface area (TPSA) is 94.1 Å². The molecule has 0 aromatic heterocycles. The Bertz CT molecular complexity index is 925. The highest BCUT2D eigenvalue weighted by molar-refractivity contribution is 6.62. The van der Waals surface area contributed by atoms with E-state index < -0.39 is 42.0 Å². The molecule has 1 aliphatic heterocycles. The van der Waals surface area contributed by atoms with E-state index in [4.69, 9.17) is 14.0 Å². The van der Waals surface area contributed by atoms with E-state index >= 15 is 0 Å². The number of alkyl carbamates (subject to hydrolysis) is 1. The van der Waals surface area contributed by atoms with Crippen molar-refractivity contribution in [3.63, 3.8) is 0 Å². The smallest absolute Gasteiger partial charge is 0.480 e. The van der Waals surface area contributed by atoms with Crippen molar-refractivity contribution < 1.29 is 28.7 Å². The normalized spacial score (nSPS) is 21.1. The van der Waals surface area contributed by atoms with Crippen molar-refractivity contribution in [2.45, 2.75) is 103 Å². The van der Waals surface area contributed by atoms with Gasteiger partial charge in [0.25, 0.3) is 0 Å². The second-order valence-corrected chi connectivity index (χ2v) is 11.6. The van der Waals surface area contributed by atoms with E-state index in [-0.39, 0.29) is 6.42 Å². The van der Waals surface area contributed by atoms with Crippen molar-refractivity contribution in [2.75, 3.05) is 0 Å². The summed E-state index contributed by atoms with van der Waals surface area (Å²) in [5.41, 5.74) is 1.62. The molecule has 0 unspecified atom stereocenters. The average Bonchev–Trinajstić information content (AvgIpc) is 3.32. The highest BCUT2D eigenvalue weighted by Gasteiger charge is 2.51. The second-order valence-electron chi connectivity index (χ2n) is 11.6. The molecule has 1 heterocycles. The molecule has 2 fully saturated rings. The number of hydrogen-bond acceptors (Lipinski definition) is 5. The molecule has 0 radical (unpaired) electrons. The fraction of sp³-hybridized carbons (Fsp3) is 0.630. The van der Waals surface area contributed by atoms with Crippen molar-refractivity contribution in [1.82, 2.24) is 5.32 Å². The van der Waals surface area contributed by atoms with Gasteiger partial charge in [-0.05, 0) is 90.2 Å². The lowest BCUT2D eigenvalue weighted by molar-refractivity contribution is -0.139. The Morgan fingerprint density at radius 3 is 2.14 bits per heavy atom. The molecular weight excluding hydrogens is 445 g/mol. The minimum absolute atomic E-state index is 0.180. The fourth-order valence-electron chi connectivity index (χ4n) is 4.48. The zero-order valence-corrected chi connectivity index (χ0v) is 22.1. The van der Waals surface area contributed by atoms with E-state index in [0.717, 1.165) is 42.3 Å². The molecule has 1 saturated carbocycles. The number of rotatable bonds is 7. The van der Waals surface area contributed by atoms with Crippen LogP contribution in [0.2, 0.25) is 0 Å². The average molecular weight is 485 g/mol. The van der Waals surface area contributed by atoms with Gasteiger partial charge >= 0.3 is 19.2 Å². The van der Waals surface area contributed by atoms with Crippen molar-refractivity contribution in [3.05, 3.63) is 35.9 Å². The summed E-state index contributed by atoms with van der Waals surface area (Å²) in [5, 5.41) is 12.2. The summed E-state index contributed by atoms with van der Waals surface area (Å²) in [4.78, 5) is 24.0. The standard InChI is InChI=1S/C27H40BNO6/c1-25(2,3)33-24(32)29-22(23(30)31)17-16-21(18-10-8-9-11-18)19-12-14-20(15-13-19)28-34-26(4,5)27(6,7)35-28/h12-16,18,22H,8-11,17H2,1-7H3,(H,29,32)(H,30,31)/b21-16-/t22-/m0/s1. The third-order valence-corrected chi connectivity index (χ3v) is 7.13. The summed E-state index contributed by atoms with van der Waals surface area (Å²) in [6, 6.07) is 7.09. The van der Waals surface area contributed by atoms with Gasteiger partial charge < -0.3 is 24.5 Å². The van der Waals surface area contributed by atoms with E-state index in [2.05, 4.69) is 17.4 Å². The molecule has 7 nitrogen and oxygen atoms in total. The van der Waals surface area contributed by atoms with E-state index in [1.807, 2.05) is 45.9 Å². The molecular formula is C27H40BNO6. The summed E-state index contributed by atoms with van der Waals surface area (Å²) in [6.07, 6.45) is 5.88. The lowest BCUT2D eigenvalue weighted by Gasteiger charge is -2.32. The van der Waals surface area contributed by atoms with Gasteiger partial charge in [0.15, 0.2) is 0 Å². The third kappa shape index (κ3) is 6.88. The van der Waals surface area contributed by atoms with Crippen molar-refractivity contribution in [3.8, 4) is 0 Å². The minimum atomic E-state index is -1.09. The van der Waals surface area contributed by atoms with Crippen LogP contribution in [0.1, 0.15) is 86.1 Å². The molecule has 1 atom stereocenters. The van der Waals surface area contributed by atoms with Crippen LogP contribution in [-0.4, -0.2) is 47.1 Å². The summed E-state index contributed by atoms with van der Waals surface area (Å²) >= 11 is 0. The Morgan fingerprint density at radius 1 is 1.11 bits per heavy atom. The lowest BCUT2D eigenvalue weighted by atomic mass is 9.78. The number of carbonyl (C=O) groups excluding carboxylic acids is 1. The number of nitrogens with one attached hydrogen (secondary N) is 1. The minimum Gasteiger partial charge on any atom is -0.480 e. The third-order valence-electron chi connectivity index (χ3n) is 7.13. The Hall–Kier alpha value is -2.32. The summed E-state index contributed by atoms with van der Waals surface area (Å²) in [5.74, 6) is -0.720. The first-order valence-electron chi connectivity index (χ1n) is 12.6. The van der Waals surface area contributed by atoms with Crippen molar-refractivity contribution in [1.29, 1.82) is 0 Å². The van der Waals surface area contributed by atoms with Crippen molar-refractivity contribution in [2.24, 2.45) is 5.92 Å². The number of amides is 1. The van der Waals surface area contributed by atoms with Crippen LogP contribution in [-0.2, 0) is 18.8 Å². The highest BCUT2D eigenvalue weighted by atomic mass is 16.7. The molecule has 1 aliphatic carbocycles. The Balaban J connectivity index is 1.79. The summed E-state index contributed by atoms with van der Waals surface area (Å²) in [7, 11) is -0.428. The first-order chi connectivity index (χ1) is 16.2. The Labute approximate surface area is 209 Å². The van der Waals surface area contributed by atoms with Gasteiger partial charge in [-0.25, -0.2) is 9.59 Å². The van der Waals surface area contributed by atoms with Crippen LogP contribution in [0.3, 0.4) is 0 Å². The summed E-state index contributed by atoms with van der Waals surface area (Å²) in [6.45, 7) is 13.4. The molecule has 2 aliphatic rings. The fourth-order valence-corrected chi connectivity index (χ4v) is 4.48. The molecule has 1 amide bonds. The van der Waals surface area contributed by atoms with Crippen LogP contribution in [0, 0.1) is 5.92 Å². The first kappa shape index (κ1) is 27.3. The van der Waals surface area contributed by atoms with E-state index in [1.54, 1.807) is 20.8 Å². The number of carboxylic acids is 1. The lowest BCUT2D eigenvalue weighted by Crippen LogP contribution is -2.43. The highest BCUT2D eigenvalue weighted by Crippen LogP contribution is 2.38. The maximum absolute atomic E-state index is 12.2. The van der Waals surface area contributed by atoms with Gasteiger partial charge in [0.2, 0.25) is 0 Å². The first-order valence-corrected chi connectivity index (χ1v) is 12.6. The molecule has 1 aromatic rings. The predicted octanol–water partition coefficient (Wildman–Crippen LogP) is 4.93. The second kappa shape index (κ2) is 10.4. The van der Waals surface area contributed by atoms with Crippen LogP contribution < -0.4 is 10.8 Å². The predicted molar refractivity (Wildman–Crippen MR) is 138 cm³/mol. The summed E-state index contributed by atoms with van der Waals surface area (Å²) < 4.78 is 17.6. The maximum atomic E-state index is 12.2. The van der Waals surface area contributed by atoms with Crippen LogP contribution >= 0.6 is 0 Å². The molecule has 8 heteroatoms. The van der Waals surface area contributed by atoms with E-state index in [1.165, 1.54) is 0 Å². The molecule has 0 spiro atoms. The Kier molecular flexibility index (Phi) is 8.07. The molecule has 1 aromatic carbocycles. The largest absolute Gasteiger partial charge is 0.494 e. The molecule has 192 valence electrons. The number of allylic oxidation sites excluding steroid dienone is 1. The van der Waals surface area contributed by atoms with Crippen LogP contribution in [0.5, 0.6) is 0 Å². The molecule has 3 rings (SSSR count). The van der Waals surface area contributed by atoms with Gasteiger partial charge in [-0.3, -0.25) is 0 Å². The monoisotopic (exact) mass is 485 g/mol. The van der Waals surface area contributed by atoms with Gasteiger partial charge in [0, 0.05) is 0 Å². The number of aliphatic carboxylic acids is 1. The number of ether oxygens (including phenoxy) is 1. The van der Waals surface area contributed by atoms with Gasteiger partial charge in [-0.1, -0.05) is 43.2 Å². The van der Waals surface area contributed by atoms with Crippen LogP contribution in [0.15, 0.2) is 30.3 Å². The van der Waals surface area contributed by atoms with Crippen LogP contribution in [0.25, 0.3) is 5.57 Å².